The maximum atomic E-state index is 13.2. The van der Waals surface area contributed by atoms with Gasteiger partial charge in [0, 0.05) is 19.1 Å². The molecule has 142 valence electrons. The summed E-state index contributed by atoms with van der Waals surface area (Å²) in [6.07, 6.45) is 3.57. The molecular formula is C19H26ClFN4O. The molecule has 26 heavy (non-hydrogen) atoms. The third kappa shape index (κ3) is 4.07. The molecule has 5 nitrogen and oxygen atoms in total. The predicted molar refractivity (Wildman–Crippen MR) is 103 cm³/mol. The summed E-state index contributed by atoms with van der Waals surface area (Å²) < 4.78 is 15.0. The minimum atomic E-state index is -0.286. The summed E-state index contributed by atoms with van der Waals surface area (Å²) in [6, 6.07) is 6.66. The third-order valence-corrected chi connectivity index (χ3v) is 4.85. The van der Waals surface area contributed by atoms with Crippen LogP contribution in [0.1, 0.15) is 48.7 Å². The highest BCUT2D eigenvalue weighted by atomic mass is 35.5. The number of benzene rings is 1. The molecule has 1 aliphatic rings. The summed E-state index contributed by atoms with van der Waals surface area (Å²) in [4.78, 5) is 14.9. The Kier molecular flexibility index (Phi) is 6.78. The highest BCUT2D eigenvalue weighted by Crippen LogP contribution is 2.25. The minimum absolute atomic E-state index is 0. The molecule has 2 heterocycles. The highest BCUT2D eigenvalue weighted by molar-refractivity contribution is 5.95. The molecule has 0 atom stereocenters. The maximum absolute atomic E-state index is 13.2. The first-order chi connectivity index (χ1) is 12.0. The SMILES string of the molecule is CNC1CCN(C(=O)c2cnn(-c3ccc(F)cc3)c2C(C)C)CC1.Cl. The molecule has 1 N–H and O–H groups in total. The van der Waals surface area contributed by atoms with Crippen LogP contribution in [0.2, 0.25) is 0 Å². The van der Waals surface area contributed by atoms with Crippen molar-refractivity contribution in [3.63, 3.8) is 0 Å². The number of piperidine rings is 1. The first-order valence-electron chi connectivity index (χ1n) is 8.81. The Hall–Kier alpha value is -1.92. The molecule has 1 aliphatic heterocycles. The van der Waals surface area contributed by atoms with Crippen molar-refractivity contribution in [1.82, 2.24) is 20.0 Å². The van der Waals surface area contributed by atoms with E-state index in [-0.39, 0.29) is 30.0 Å². The van der Waals surface area contributed by atoms with Crippen molar-refractivity contribution in [3.8, 4) is 5.69 Å². The van der Waals surface area contributed by atoms with Gasteiger partial charge in [0.2, 0.25) is 0 Å². The van der Waals surface area contributed by atoms with E-state index in [9.17, 15) is 9.18 Å². The van der Waals surface area contributed by atoms with E-state index in [0.29, 0.717) is 11.6 Å². The Morgan fingerprint density at radius 1 is 1.23 bits per heavy atom. The molecule has 1 amide bonds. The largest absolute Gasteiger partial charge is 0.338 e. The summed E-state index contributed by atoms with van der Waals surface area (Å²) in [6.45, 7) is 5.59. The second-order valence-electron chi connectivity index (χ2n) is 6.84. The van der Waals surface area contributed by atoms with Crippen molar-refractivity contribution in [1.29, 1.82) is 0 Å². The van der Waals surface area contributed by atoms with E-state index in [1.807, 2.05) is 25.8 Å². The van der Waals surface area contributed by atoms with Gasteiger partial charge in [0.25, 0.3) is 5.91 Å². The number of hydrogen-bond acceptors (Lipinski definition) is 3. The molecular weight excluding hydrogens is 355 g/mol. The van der Waals surface area contributed by atoms with Crippen molar-refractivity contribution >= 4 is 18.3 Å². The zero-order valence-electron chi connectivity index (χ0n) is 15.4. The summed E-state index contributed by atoms with van der Waals surface area (Å²) >= 11 is 0. The minimum Gasteiger partial charge on any atom is -0.338 e. The van der Waals surface area contributed by atoms with Crippen molar-refractivity contribution in [2.45, 2.75) is 38.6 Å². The van der Waals surface area contributed by atoms with Gasteiger partial charge in [-0.05, 0) is 50.1 Å². The molecule has 0 spiro atoms. The molecule has 1 aromatic carbocycles. The van der Waals surface area contributed by atoms with Gasteiger partial charge in [0.05, 0.1) is 23.1 Å². The molecule has 0 radical (unpaired) electrons. The number of rotatable bonds is 4. The number of nitrogens with one attached hydrogen (secondary N) is 1. The topological polar surface area (TPSA) is 50.2 Å². The zero-order chi connectivity index (χ0) is 18.0. The monoisotopic (exact) mass is 380 g/mol. The summed E-state index contributed by atoms with van der Waals surface area (Å²) in [5.41, 5.74) is 2.27. The fraction of sp³-hybridized carbons (Fsp3) is 0.474. The number of hydrogen-bond donors (Lipinski definition) is 1. The molecule has 0 aliphatic carbocycles. The number of halogens is 2. The van der Waals surface area contributed by atoms with Gasteiger partial charge in [-0.2, -0.15) is 5.10 Å². The number of likely N-dealkylation sites (tertiary alicyclic amines) is 1. The van der Waals surface area contributed by atoms with E-state index in [1.54, 1.807) is 23.0 Å². The predicted octanol–water partition coefficient (Wildman–Crippen LogP) is 3.38. The van der Waals surface area contributed by atoms with Crippen molar-refractivity contribution in [2.24, 2.45) is 0 Å². The second kappa shape index (κ2) is 8.64. The summed E-state index contributed by atoms with van der Waals surface area (Å²) in [5.74, 6) is -0.126. The van der Waals surface area contributed by atoms with Crippen LogP contribution in [0.3, 0.4) is 0 Å². The van der Waals surface area contributed by atoms with E-state index in [4.69, 9.17) is 0 Å². The second-order valence-corrected chi connectivity index (χ2v) is 6.84. The zero-order valence-corrected chi connectivity index (χ0v) is 16.2. The Labute approximate surface area is 160 Å². The van der Waals surface area contributed by atoms with Crippen LogP contribution in [-0.4, -0.2) is 46.8 Å². The molecule has 1 aromatic heterocycles. The Morgan fingerprint density at radius 2 is 1.85 bits per heavy atom. The summed E-state index contributed by atoms with van der Waals surface area (Å²) in [5, 5.41) is 7.70. The van der Waals surface area contributed by atoms with E-state index >= 15 is 0 Å². The average Bonchev–Trinajstić information content (AvgIpc) is 3.07. The van der Waals surface area contributed by atoms with Crippen LogP contribution in [0.5, 0.6) is 0 Å². The fourth-order valence-corrected chi connectivity index (χ4v) is 3.41. The van der Waals surface area contributed by atoms with Crippen LogP contribution in [0.4, 0.5) is 4.39 Å². The lowest BCUT2D eigenvalue weighted by Gasteiger charge is -2.32. The first-order valence-corrected chi connectivity index (χ1v) is 8.81. The molecule has 1 saturated heterocycles. The van der Waals surface area contributed by atoms with Gasteiger partial charge in [-0.1, -0.05) is 13.8 Å². The van der Waals surface area contributed by atoms with E-state index in [2.05, 4.69) is 10.4 Å². The van der Waals surface area contributed by atoms with Gasteiger partial charge in [0.15, 0.2) is 0 Å². The average molecular weight is 381 g/mol. The van der Waals surface area contributed by atoms with Crippen molar-refractivity contribution in [2.75, 3.05) is 20.1 Å². The van der Waals surface area contributed by atoms with Gasteiger partial charge < -0.3 is 10.2 Å². The van der Waals surface area contributed by atoms with Gasteiger partial charge in [-0.15, -0.1) is 12.4 Å². The third-order valence-electron chi connectivity index (χ3n) is 4.85. The molecule has 2 aromatic rings. The van der Waals surface area contributed by atoms with Crippen molar-refractivity contribution in [3.05, 3.63) is 47.5 Å². The molecule has 0 unspecified atom stereocenters. The van der Waals surface area contributed by atoms with E-state index < -0.39 is 0 Å². The van der Waals surface area contributed by atoms with Crippen LogP contribution in [-0.2, 0) is 0 Å². The van der Waals surface area contributed by atoms with Crippen LogP contribution >= 0.6 is 12.4 Å². The lowest BCUT2D eigenvalue weighted by Crippen LogP contribution is -2.44. The van der Waals surface area contributed by atoms with E-state index in [0.717, 1.165) is 37.3 Å². The summed E-state index contributed by atoms with van der Waals surface area (Å²) in [7, 11) is 1.96. The van der Waals surface area contributed by atoms with Crippen LogP contribution in [0.25, 0.3) is 5.69 Å². The molecule has 0 saturated carbocycles. The number of aromatic nitrogens is 2. The standard InChI is InChI=1S/C19H25FN4O.ClH/c1-13(2)18-17(19(25)23-10-8-15(21-3)9-11-23)12-22-24(18)16-6-4-14(20)5-7-16;/h4-7,12-13,15,21H,8-11H2,1-3H3;1H. The van der Waals surface area contributed by atoms with Crippen LogP contribution < -0.4 is 5.32 Å². The molecule has 7 heteroatoms. The van der Waals surface area contributed by atoms with E-state index in [1.165, 1.54) is 12.1 Å². The van der Waals surface area contributed by atoms with Crippen LogP contribution in [0.15, 0.2) is 30.5 Å². The van der Waals surface area contributed by atoms with Crippen LogP contribution in [0, 0.1) is 5.82 Å². The molecule has 0 bridgehead atoms. The van der Waals surface area contributed by atoms with Gasteiger partial charge in [0.1, 0.15) is 5.82 Å². The number of nitrogens with zero attached hydrogens (tertiary/aromatic N) is 3. The Morgan fingerprint density at radius 3 is 2.38 bits per heavy atom. The normalized spacial score (nSPS) is 15.2. The maximum Gasteiger partial charge on any atom is 0.257 e. The molecule has 1 fully saturated rings. The smallest absolute Gasteiger partial charge is 0.257 e. The first kappa shape index (κ1) is 20.4. The lowest BCUT2D eigenvalue weighted by molar-refractivity contribution is 0.0705. The fourth-order valence-electron chi connectivity index (χ4n) is 3.41. The van der Waals surface area contributed by atoms with Crippen molar-refractivity contribution < 1.29 is 9.18 Å². The molecule has 3 rings (SSSR count). The van der Waals surface area contributed by atoms with Gasteiger partial charge >= 0.3 is 0 Å². The highest BCUT2D eigenvalue weighted by Gasteiger charge is 2.27. The Balaban J connectivity index is 0.00000243. The van der Waals surface area contributed by atoms with Gasteiger partial charge in [-0.3, -0.25) is 4.79 Å². The lowest BCUT2D eigenvalue weighted by atomic mass is 10.0. The quantitative estimate of drug-likeness (QED) is 0.884. The number of carbonyl (C=O) groups is 1. The Bertz CT molecular complexity index is 736. The number of carbonyl (C=O) groups excluding carboxylic acids is 1. The van der Waals surface area contributed by atoms with Gasteiger partial charge in [-0.25, -0.2) is 9.07 Å². The number of amides is 1.